The Bertz CT molecular complexity index is 1400. The molecule has 0 saturated heterocycles. The van der Waals surface area contributed by atoms with Gasteiger partial charge in [0.15, 0.2) is 0 Å². The van der Waals surface area contributed by atoms with Crippen LogP contribution in [0.25, 0.3) is 33.4 Å². The molecule has 0 unspecified atom stereocenters. The molecular formula is C30H31BO3. The van der Waals surface area contributed by atoms with Crippen molar-refractivity contribution in [2.45, 2.75) is 41.5 Å². The van der Waals surface area contributed by atoms with Gasteiger partial charge in [-0.1, -0.05) is 77.4 Å². The lowest BCUT2D eigenvalue weighted by atomic mass is 9.72. The van der Waals surface area contributed by atoms with Crippen LogP contribution in [-0.2, 0) is 0 Å². The number of rotatable bonds is 4. The van der Waals surface area contributed by atoms with Crippen molar-refractivity contribution in [3.63, 3.8) is 0 Å². The summed E-state index contributed by atoms with van der Waals surface area (Å²) in [4.78, 5) is 0. The first kappa shape index (κ1) is 23.8. The zero-order valence-electron chi connectivity index (χ0n) is 20.7. The Morgan fingerprint density at radius 2 is 0.912 bits per heavy atom. The highest BCUT2D eigenvalue weighted by molar-refractivity contribution is 6.60. The molecule has 172 valence electrons. The van der Waals surface area contributed by atoms with Crippen molar-refractivity contribution in [2.24, 2.45) is 0 Å². The standard InChI is InChI=1S/C30H31BO3/c1-17-7-10-23(20(4)13-17)26-16-27(31(33)34)30(32)29(25-12-9-19(3)15-22(25)6)28(26)24-11-8-18(2)14-21(24)5/h7-16,32-34H,1-6H3. The molecule has 4 aromatic carbocycles. The summed E-state index contributed by atoms with van der Waals surface area (Å²) in [6, 6.07) is 20.4. The summed E-state index contributed by atoms with van der Waals surface area (Å²) < 4.78 is 0. The number of hydrogen-bond acceptors (Lipinski definition) is 3. The maximum Gasteiger partial charge on any atom is 0.492 e. The molecule has 0 aliphatic heterocycles. The van der Waals surface area contributed by atoms with Crippen molar-refractivity contribution in [1.29, 1.82) is 0 Å². The van der Waals surface area contributed by atoms with Gasteiger partial charge in [0.05, 0.1) is 0 Å². The summed E-state index contributed by atoms with van der Waals surface area (Å²) in [5, 5.41) is 31.9. The molecule has 4 heteroatoms. The van der Waals surface area contributed by atoms with Gasteiger partial charge in [0.2, 0.25) is 0 Å². The molecule has 4 rings (SSSR count). The topological polar surface area (TPSA) is 60.7 Å². The summed E-state index contributed by atoms with van der Waals surface area (Å²) >= 11 is 0. The van der Waals surface area contributed by atoms with Crippen LogP contribution < -0.4 is 5.46 Å². The van der Waals surface area contributed by atoms with E-state index in [1.165, 1.54) is 0 Å². The van der Waals surface area contributed by atoms with Gasteiger partial charge in [0, 0.05) is 16.6 Å². The van der Waals surface area contributed by atoms with Gasteiger partial charge in [-0.3, -0.25) is 0 Å². The Morgan fingerprint density at radius 1 is 0.500 bits per heavy atom. The van der Waals surface area contributed by atoms with E-state index in [9.17, 15) is 15.2 Å². The Morgan fingerprint density at radius 3 is 1.32 bits per heavy atom. The Kier molecular flexibility index (Phi) is 6.40. The minimum atomic E-state index is -1.80. The number of phenolic OH excluding ortho intramolecular Hbond substituents is 1. The highest BCUT2D eigenvalue weighted by atomic mass is 16.4. The van der Waals surface area contributed by atoms with Gasteiger partial charge >= 0.3 is 7.12 Å². The van der Waals surface area contributed by atoms with Crippen molar-refractivity contribution in [1.82, 2.24) is 0 Å². The fourth-order valence-corrected chi connectivity index (χ4v) is 4.95. The second-order valence-electron chi connectivity index (χ2n) is 9.44. The molecule has 0 radical (unpaired) electrons. The Balaban J connectivity index is 2.24. The second-order valence-corrected chi connectivity index (χ2v) is 9.44. The molecule has 0 aliphatic rings. The van der Waals surface area contributed by atoms with Crippen LogP contribution in [0.3, 0.4) is 0 Å². The zero-order chi connectivity index (χ0) is 24.7. The fourth-order valence-electron chi connectivity index (χ4n) is 4.95. The first-order valence-corrected chi connectivity index (χ1v) is 11.6. The van der Waals surface area contributed by atoms with Crippen LogP contribution in [0.4, 0.5) is 0 Å². The fraction of sp³-hybridized carbons (Fsp3) is 0.200. The molecule has 0 atom stereocenters. The van der Waals surface area contributed by atoms with Crippen LogP contribution in [0.15, 0.2) is 60.7 Å². The third-order valence-corrected chi connectivity index (χ3v) is 6.58. The molecule has 0 amide bonds. The summed E-state index contributed by atoms with van der Waals surface area (Å²) in [7, 11) is -1.80. The molecule has 0 fully saturated rings. The van der Waals surface area contributed by atoms with Gasteiger partial charge in [-0.05, 0) is 80.5 Å². The summed E-state index contributed by atoms with van der Waals surface area (Å²) in [5.74, 6) is -0.106. The van der Waals surface area contributed by atoms with Gasteiger partial charge in [0.25, 0.3) is 0 Å². The molecule has 0 spiro atoms. The highest BCUT2D eigenvalue weighted by Crippen LogP contribution is 2.46. The average Bonchev–Trinajstić information content (AvgIpc) is 2.74. The van der Waals surface area contributed by atoms with E-state index < -0.39 is 7.12 Å². The van der Waals surface area contributed by atoms with Crippen LogP contribution >= 0.6 is 0 Å². The lowest BCUT2D eigenvalue weighted by Gasteiger charge is -2.24. The molecule has 0 bridgehead atoms. The maximum atomic E-state index is 11.5. The first-order valence-electron chi connectivity index (χ1n) is 11.6. The summed E-state index contributed by atoms with van der Waals surface area (Å²) in [5.41, 5.74) is 12.0. The van der Waals surface area contributed by atoms with Crippen LogP contribution in [-0.4, -0.2) is 22.3 Å². The molecule has 0 heterocycles. The smallest absolute Gasteiger partial charge is 0.492 e. The molecule has 3 N–H and O–H groups in total. The Hall–Kier alpha value is -3.34. The quantitative estimate of drug-likeness (QED) is 0.338. The number of aryl methyl sites for hydroxylation is 6. The van der Waals surface area contributed by atoms with E-state index in [1.54, 1.807) is 6.07 Å². The third kappa shape index (κ3) is 4.27. The number of phenols is 1. The predicted molar refractivity (Wildman–Crippen MR) is 143 cm³/mol. The molecule has 34 heavy (non-hydrogen) atoms. The molecule has 3 nitrogen and oxygen atoms in total. The third-order valence-electron chi connectivity index (χ3n) is 6.58. The summed E-state index contributed by atoms with van der Waals surface area (Å²) in [6.07, 6.45) is 0. The predicted octanol–water partition coefficient (Wildman–Crippen LogP) is 5.92. The van der Waals surface area contributed by atoms with E-state index in [2.05, 4.69) is 70.2 Å². The minimum Gasteiger partial charge on any atom is -0.508 e. The lowest BCUT2D eigenvalue weighted by molar-refractivity contribution is 0.420. The molecule has 0 aliphatic carbocycles. The van der Waals surface area contributed by atoms with E-state index >= 15 is 0 Å². The van der Waals surface area contributed by atoms with Crippen LogP contribution in [0.2, 0.25) is 0 Å². The number of aromatic hydroxyl groups is 1. The van der Waals surface area contributed by atoms with Crippen molar-refractivity contribution in [3.05, 3.63) is 94.0 Å². The van der Waals surface area contributed by atoms with Gasteiger partial charge < -0.3 is 15.2 Å². The van der Waals surface area contributed by atoms with E-state index in [-0.39, 0.29) is 11.2 Å². The summed E-state index contributed by atoms with van der Waals surface area (Å²) in [6.45, 7) is 12.3. The van der Waals surface area contributed by atoms with Gasteiger partial charge in [-0.2, -0.15) is 0 Å². The molecule has 0 aromatic heterocycles. The number of hydrogen-bond donors (Lipinski definition) is 3. The Labute approximate surface area is 202 Å². The second kappa shape index (κ2) is 9.13. The average molecular weight is 450 g/mol. The van der Waals surface area contributed by atoms with E-state index in [1.807, 2.05) is 26.0 Å². The van der Waals surface area contributed by atoms with Gasteiger partial charge in [-0.25, -0.2) is 0 Å². The molecule has 4 aromatic rings. The van der Waals surface area contributed by atoms with E-state index in [4.69, 9.17) is 0 Å². The van der Waals surface area contributed by atoms with Gasteiger partial charge in [-0.15, -0.1) is 0 Å². The monoisotopic (exact) mass is 450 g/mol. The van der Waals surface area contributed by atoms with Crippen molar-refractivity contribution in [2.75, 3.05) is 0 Å². The van der Waals surface area contributed by atoms with Crippen molar-refractivity contribution < 1.29 is 15.2 Å². The van der Waals surface area contributed by atoms with E-state index in [0.717, 1.165) is 61.2 Å². The molecule has 0 saturated carbocycles. The van der Waals surface area contributed by atoms with Crippen LogP contribution in [0, 0.1) is 41.5 Å². The SMILES string of the molecule is Cc1ccc(-c2cc(B(O)O)c(O)c(-c3ccc(C)cc3C)c2-c2ccc(C)cc2C)c(C)c1. The van der Waals surface area contributed by atoms with E-state index in [0.29, 0.717) is 5.56 Å². The zero-order valence-corrected chi connectivity index (χ0v) is 20.7. The normalized spacial score (nSPS) is 11.1. The van der Waals surface area contributed by atoms with Crippen LogP contribution in [0.5, 0.6) is 5.75 Å². The largest absolute Gasteiger partial charge is 0.508 e. The minimum absolute atomic E-state index is 0.0958. The highest BCUT2D eigenvalue weighted by Gasteiger charge is 2.28. The van der Waals surface area contributed by atoms with Gasteiger partial charge in [0.1, 0.15) is 5.75 Å². The first-order chi connectivity index (χ1) is 16.1. The number of benzene rings is 4. The maximum absolute atomic E-state index is 11.5. The molecular weight excluding hydrogens is 419 g/mol. The van der Waals surface area contributed by atoms with Crippen molar-refractivity contribution >= 4 is 12.6 Å². The lowest BCUT2D eigenvalue weighted by Crippen LogP contribution is -2.31. The van der Waals surface area contributed by atoms with Crippen LogP contribution in [0.1, 0.15) is 33.4 Å². The van der Waals surface area contributed by atoms with Crippen molar-refractivity contribution in [3.8, 4) is 39.1 Å².